The van der Waals surface area contributed by atoms with Gasteiger partial charge in [0.05, 0.1) is 10.6 Å². The van der Waals surface area contributed by atoms with Crippen molar-refractivity contribution in [2.24, 2.45) is 0 Å². The molecule has 0 atom stereocenters. The van der Waals surface area contributed by atoms with Gasteiger partial charge in [-0.2, -0.15) is 5.10 Å². The maximum atomic E-state index is 13.5. The monoisotopic (exact) mass is 325 g/mol. The van der Waals surface area contributed by atoms with E-state index < -0.39 is 15.8 Å². The molecular weight excluding hydrogens is 305 g/mol. The van der Waals surface area contributed by atoms with Gasteiger partial charge in [-0.1, -0.05) is 6.07 Å². The Morgan fingerprint density at radius 2 is 2.05 bits per heavy atom. The van der Waals surface area contributed by atoms with E-state index in [1.807, 2.05) is 30.8 Å². The minimum Gasteiger partial charge on any atom is -0.270 e. The Balaban J connectivity index is 2.02. The number of nitrogens with zero attached hydrogens (tertiary/aromatic N) is 2. The molecule has 0 saturated heterocycles. The van der Waals surface area contributed by atoms with Crippen LogP contribution < -0.4 is 4.72 Å². The fourth-order valence-electron chi connectivity index (χ4n) is 2.07. The first-order valence-electron chi connectivity index (χ1n) is 7.10. The van der Waals surface area contributed by atoms with E-state index in [0.717, 1.165) is 5.69 Å². The third kappa shape index (κ3) is 3.72. The number of hydrogen-bond donors (Lipinski definition) is 1. The first kappa shape index (κ1) is 16.6. The maximum Gasteiger partial charge on any atom is 0.240 e. The van der Waals surface area contributed by atoms with E-state index in [2.05, 4.69) is 9.82 Å². The molecular formula is C15H20FN3O2S. The number of nitrogens with one attached hydrogen (secondary N) is 1. The Labute approximate surface area is 130 Å². The molecule has 0 amide bonds. The van der Waals surface area contributed by atoms with Gasteiger partial charge < -0.3 is 0 Å². The van der Waals surface area contributed by atoms with Gasteiger partial charge >= 0.3 is 0 Å². The van der Waals surface area contributed by atoms with Gasteiger partial charge in [-0.3, -0.25) is 4.68 Å². The molecule has 5 nitrogen and oxygen atoms in total. The number of benzene rings is 1. The Morgan fingerprint density at radius 3 is 2.68 bits per heavy atom. The molecule has 22 heavy (non-hydrogen) atoms. The highest BCUT2D eigenvalue weighted by molar-refractivity contribution is 7.89. The van der Waals surface area contributed by atoms with Crippen molar-refractivity contribution >= 4 is 10.0 Å². The maximum absolute atomic E-state index is 13.5. The van der Waals surface area contributed by atoms with Crippen LogP contribution in [0.15, 0.2) is 35.4 Å². The molecule has 1 heterocycles. The molecule has 7 heteroatoms. The molecule has 0 aliphatic carbocycles. The van der Waals surface area contributed by atoms with Crippen molar-refractivity contribution in [3.8, 4) is 0 Å². The van der Waals surface area contributed by atoms with Crippen LogP contribution >= 0.6 is 0 Å². The van der Waals surface area contributed by atoms with E-state index in [0.29, 0.717) is 6.42 Å². The summed E-state index contributed by atoms with van der Waals surface area (Å²) < 4.78 is 42.2. The third-order valence-corrected chi connectivity index (χ3v) is 4.98. The molecule has 2 aromatic rings. The van der Waals surface area contributed by atoms with Crippen molar-refractivity contribution in [2.75, 3.05) is 6.54 Å². The summed E-state index contributed by atoms with van der Waals surface area (Å²) in [7, 11) is -3.72. The van der Waals surface area contributed by atoms with Crippen LogP contribution in [0.25, 0.3) is 0 Å². The molecule has 1 N–H and O–H groups in total. The van der Waals surface area contributed by atoms with Crippen LogP contribution in [0.4, 0.5) is 4.39 Å². The van der Waals surface area contributed by atoms with Gasteiger partial charge in [-0.05, 0) is 39.0 Å². The molecule has 0 aliphatic heterocycles. The second-order valence-corrected chi connectivity index (χ2v) is 7.13. The highest BCUT2D eigenvalue weighted by atomic mass is 32.2. The fourth-order valence-corrected chi connectivity index (χ4v) is 3.35. The molecule has 1 aromatic carbocycles. The Hall–Kier alpha value is -1.73. The number of rotatable bonds is 6. The molecule has 0 spiro atoms. The molecule has 2 rings (SSSR count). The standard InChI is InChI=1S/C15H20FN3O2S/c1-11(2)19-10-8-13(18-19)7-9-17-22(20,21)15-6-4-5-14(16)12(15)3/h4-6,8,10-11,17H,7,9H2,1-3H3. The predicted octanol–water partition coefficient (Wildman–Crippen LogP) is 2.43. The topological polar surface area (TPSA) is 64.0 Å². The van der Waals surface area contributed by atoms with E-state index in [-0.39, 0.29) is 23.0 Å². The summed E-state index contributed by atoms with van der Waals surface area (Å²) in [4.78, 5) is -0.0276. The normalized spacial score (nSPS) is 12.0. The summed E-state index contributed by atoms with van der Waals surface area (Å²) in [5, 5.41) is 4.36. The predicted molar refractivity (Wildman–Crippen MR) is 82.6 cm³/mol. The van der Waals surface area contributed by atoms with Gasteiger partial charge in [0.2, 0.25) is 10.0 Å². The van der Waals surface area contributed by atoms with Crippen LogP contribution in [-0.4, -0.2) is 24.7 Å². The van der Waals surface area contributed by atoms with Gasteiger partial charge in [0.25, 0.3) is 0 Å². The van der Waals surface area contributed by atoms with Gasteiger partial charge in [0.1, 0.15) is 5.82 Å². The highest BCUT2D eigenvalue weighted by Crippen LogP contribution is 2.17. The number of hydrogen-bond acceptors (Lipinski definition) is 3. The zero-order valence-corrected chi connectivity index (χ0v) is 13.7. The number of sulfonamides is 1. The minimum atomic E-state index is -3.72. The highest BCUT2D eigenvalue weighted by Gasteiger charge is 2.18. The van der Waals surface area contributed by atoms with Crippen molar-refractivity contribution in [1.29, 1.82) is 0 Å². The van der Waals surface area contributed by atoms with Crippen LogP contribution in [0, 0.1) is 12.7 Å². The molecule has 0 bridgehead atoms. The van der Waals surface area contributed by atoms with E-state index in [1.54, 1.807) is 0 Å². The Bertz CT molecular complexity index is 754. The SMILES string of the molecule is Cc1c(F)cccc1S(=O)(=O)NCCc1ccn(C(C)C)n1. The summed E-state index contributed by atoms with van der Waals surface area (Å²) in [6, 6.07) is 6.16. The van der Waals surface area contributed by atoms with Crippen molar-refractivity contribution in [1.82, 2.24) is 14.5 Å². The van der Waals surface area contributed by atoms with Crippen molar-refractivity contribution < 1.29 is 12.8 Å². The van der Waals surface area contributed by atoms with Crippen LogP contribution in [0.2, 0.25) is 0 Å². The van der Waals surface area contributed by atoms with Gasteiger partial charge in [0.15, 0.2) is 0 Å². The average Bonchev–Trinajstić information content (AvgIpc) is 2.90. The lowest BCUT2D eigenvalue weighted by molar-refractivity contribution is 0.525. The van der Waals surface area contributed by atoms with Crippen molar-refractivity contribution in [3.05, 3.63) is 47.5 Å². The van der Waals surface area contributed by atoms with E-state index in [1.165, 1.54) is 25.1 Å². The Kier molecular flexibility index (Phi) is 4.97. The fraction of sp³-hybridized carbons (Fsp3) is 0.400. The van der Waals surface area contributed by atoms with Gasteiger partial charge in [-0.25, -0.2) is 17.5 Å². The number of aromatic nitrogens is 2. The first-order chi connectivity index (χ1) is 10.3. The van der Waals surface area contributed by atoms with Gasteiger partial charge in [0, 0.05) is 30.8 Å². The molecule has 1 aromatic heterocycles. The molecule has 0 fully saturated rings. The summed E-state index contributed by atoms with van der Waals surface area (Å²) in [6.07, 6.45) is 2.35. The second kappa shape index (κ2) is 6.58. The third-order valence-electron chi connectivity index (χ3n) is 3.37. The smallest absolute Gasteiger partial charge is 0.240 e. The molecule has 0 unspecified atom stereocenters. The summed E-state index contributed by atoms with van der Waals surface area (Å²) >= 11 is 0. The lowest BCUT2D eigenvalue weighted by Gasteiger charge is -2.09. The van der Waals surface area contributed by atoms with E-state index in [4.69, 9.17) is 0 Å². The molecule has 0 radical (unpaired) electrons. The van der Waals surface area contributed by atoms with Crippen LogP contribution in [0.3, 0.4) is 0 Å². The second-order valence-electron chi connectivity index (χ2n) is 5.39. The van der Waals surface area contributed by atoms with Crippen molar-refractivity contribution in [3.63, 3.8) is 0 Å². The summed E-state index contributed by atoms with van der Waals surface area (Å²) in [5.41, 5.74) is 0.937. The summed E-state index contributed by atoms with van der Waals surface area (Å²) in [6.45, 7) is 5.71. The lowest BCUT2D eigenvalue weighted by Crippen LogP contribution is -2.27. The first-order valence-corrected chi connectivity index (χ1v) is 8.58. The Morgan fingerprint density at radius 1 is 1.32 bits per heavy atom. The zero-order valence-electron chi connectivity index (χ0n) is 12.9. The van der Waals surface area contributed by atoms with Crippen molar-refractivity contribution in [2.45, 2.75) is 38.1 Å². The van der Waals surface area contributed by atoms with Gasteiger partial charge in [-0.15, -0.1) is 0 Å². The average molecular weight is 325 g/mol. The zero-order chi connectivity index (χ0) is 16.3. The van der Waals surface area contributed by atoms with Crippen LogP contribution in [0.5, 0.6) is 0 Å². The molecule has 0 saturated carbocycles. The summed E-state index contributed by atoms with van der Waals surface area (Å²) in [5.74, 6) is -0.529. The van der Waals surface area contributed by atoms with Crippen LogP contribution in [-0.2, 0) is 16.4 Å². The lowest BCUT2D eigenvalue weighted by atomic mass is 10.2. The van der Waals surface area contributed by atoms with E-state index >= 15 is 0 Å². The minimum absolute atomic E-state index is 0.0276. The molecule has 120 valence electrons. The van der Waals surface area contributed by atoms with E-state index in [9.17, 15) is 12.8 Å². The van der Waals surface area contributed by atoms with Crippen LogP contribution in [0.1, 0.15) is 31.1 Å². The quantitative estimate of drug-likeness (QED) is 0.887. The molecule has 0 aliphatic rings. The largest absolute Gasteiger partial charge is 0.270 e. The number of halogens is 1.